The summed E-state index contributed by atoms with van der Waals surface area (Å²) in [4.78, 5) is 0. The minimum absolute atomic E-state index is 0.101. The first-order chi connectivity index (χ1) is 10.1. The molecule has 2 aromatic carbocycles. The molecule has 0 unspecified atom stereocenters. The number of halogens is 1. The van der Waals surface area contributed by atoms with Gasteiger partial charge in [0, 0.05) is 5.56 Å². The predicted molar refractivity (Wildman–Crippen MR) is 78.4 cm³/mol. The molecule has 3 rings (SSSR count). The van der Waals surface area contributed by atoms with Crippen LogP contribution in [0.2, 0.25) is 0 Å². The maximum Gasteiger partial charge on any atom is 0.187 e. The van der Waals surface area contributed by atoms with Crippen molar-refractivity contribution in [3.63, 3.8) is 0 Å². The fourth-order valence-electron chi connectivity index (χ4n) is 2.16. The van der Waals surface area contributed by atoms with Gasteiger partial charge in [-0.2, -0.15) is 4.68 Å². The maximum atomic E-state index is 13.6. The monoisotopic (exact) mass is 283 g/mol. The summed E-state index contributed by atoms with van der Waals surface area (Å²) in [6.07, 6.45) is 0. The summed E-state index contributed by atoms with van der Waals surface area (Å²) < 4.78 is 15.3. The van der Waals surface area contributed by atoms with Crippen molar-refractivity contribution in [1.29, 1.82) is 0 Å². The van der Waals surface area contributed by atoms with Crippen LogP contribution in [0.25, 0.3) is 17.1 Å². The molecule has 0 fully saturated rings. The normalized spacial score (nSPS) is 10.8. The Kier molecular flexibility index (Phi) is 3.13. The summed E-state index contributed by atoms with van der Waals surface area (Å²) in [5.41, 5.74) is 9.26. The highest BCUT2D eigenvalue weighted by atomic mass is 19.1. The number of aryl methyl sites for hydroxylation is 1. The Hall–Kier alpha value is -2.76. The molecule has 0 aliphatic carbocycles. The molecule has 0 aliphatic heterocycles. The molecule has 0 bridgehead atoms. The largest absolute Gasteiger partial charge is 0.396 e. The molecule has 0 aliphatic rings. The molecule has 2 N–H and O–H groups in total. The number of nitrogens with two attached hydrogens (primary N) is 1. The molecule has 6 heteroatoms. The molecule has 0 amide bonds. The zero-order chi connectivity index (χ0) is 15.0. The number of hydrogen-bond donors (Lipinski definition) is 1. The number of anilines is 1. The van der Waals surface area contributed by atoms with Crippen molar-refractivity contribution < 1.29 is 4.39 Å². The molecule has 21 heavy (non-hydrogen) atoms. The molecule has 0 saturated carbocycles. The molecule has 1 heterocycles. The van der Waals surface area contributed by atoms with Crippen molar-refractivity contribution in [1.82, 2.24) is 20.2 Å². The molecule has 1 aromatic heterocycles. The molecule has 0 radical (unpaired) electrons. The highest BCUT2D eigenvalue weighted by Gasteiger charge is 2.14. The third-order valence-corrected chi connectivity index (χ3v) is 3.53. The average molecular weight is 283 g/mol. The van der Waals surface area contributed by atoms with Crippen LogP contribution in [0.15, 0.2) is 36.4 Å². The number of nitrogen functional groups attached to an aromatic ring is 1. The summed E-state index contributed by atoms with van der Waals surface area (Å²) in [5, 5.41) is 11.7. The minimum atomic E-state index is -0.483. The van der Waals surface area contributed by atoms with E-state index in [0.29, 0.717) is 11.4 Å². The van der Waals surface area contributed by atoms with Gasteiger partial charge in [-0.05, 0) is 59.7 Å². The first kappa shape index (κ1) is 13.2. The summed E-state index contributed by atoms with van der Waals surface area (Å²) in [6, 6.07) is 10.4. The van der Waals surface area contributed by atoms with Crippen LogP contribution in [-0.4, -0.2) is 20.2 Å². The predicted octanol–water partition coefficient (Wildman–Crippen LogP) is 2.67. The zero-order valence-corrected chi connectivity index (χ0v) is 11.7. The van der Waals surface area contributed by atoms with Crippen molar-refractivity contribution in [2.75, 3.05) is 5.73 Å². The Morgan fingerprint density at radius 3 is 2.71 bits per heavy atom. The first-order valence-corrected chi connectivity index (χ1v) is 6.48. The summed E-state index contributed by atoms with van der Waals surface area (Å²) in [5.74, 6) is -0.00869. The van der Waals surface area contributed by atoms with Crippen molar-refractivity contribution in [3.8, 4) is 17.1 Å². The van der Waals surface area contributed by atoms with E-state index in [4.69, 9.17) is 5.73 Å². The van der Waals surface area contributed by atoms with Crippen molar-refractivity contribution >= 4 is 5.69 Å². The summed E-state index contributed by atoms with van der Waals surface area (Å²) in [7, 11) is 0. The molecule has 0 atom stereocenters. The van der Waals surface area contributed by atoms with Crippen LogP contribution in [0.3, 0.4) is 0 Å². The Bertz CT molecular complexity index is 810. The van der Waals surface area contributed by atoms with Gasteiger partial charge >= 0.3 is 0 Å². The number of aromatic nitrogens is 4. The van der Waals surface area contributed by atoms with Gasteiger partial charge in [0.15, 0.2) is 5.82 Å². The summed E-state index contributed by atoms with van der Waals surface area (Å²) in [6.45, 7) is 4.02. The fraction of sp³-hybridized carbons (Fsp3) is 0.133. The van der Waals surface area contributed by atoms with Crippen LogP contribution in [0.1, 0.15) is 11.1 Å². The van der Waals surface area contributed by atoms with Gasteiger partial charge in [0.2, 0.25) is 0 Å². The molecule has 106 valence electrons. The van der Waals surface area contributed by atoms with Gasteiger partial charge in [-0.15, -0.1) is 5.10 Å². The number of hydrogen-bond acceptors (Lipinski definition) is 4. The highest BCUT2D eigenvalue weighted by molar-refractivity contribution is 5.61. The summed E-state index contributed by atoms with van der Waals surface area (Å²) >= 11 is 0. The van der Waals surface area contributed by atoms with E-state index in [-0.39, 0.29) is 5.69 Å². The Morgan fingerprint density at radius 1 is 1.14 bits per heavy atom. The zero-order valence-electron chi connectivity index (χ0n) is 11.7. The topological polar surface area (TPSA) is 69.6 Å². The van der Waals surface area contributed by atoms with E-state index in [1.807, 2.05) is 32.0 Å². The highest BCUT2D eigenvalue weighted by Crippen LogP contribution is 2.24. The van der Waals surface area contributed by atoms with Gasteiger partial charge in [0.1, 0.15) is 5.82 Å². The molecule has 5 nitrogen and oxygen atoms in total. The standard InChI is InChI=1S/C15H14FN5/c1-9-4-3-5-14(10(9)2)21-15(18-19-20-21)11-6-7-13(17)12(16)8-11/h3-8H,17H2,1-2H3. The molecular formula is C15H14FN5. The second-order valence-electron chi connectivity index (χ2n) is 4.87. The Morgan fingerprint density at radius 2 is 1.95 bits per heavy atom. The van der Waals surface area contributed by atoms with Crippen molar-refractivity contribution in [3.05, 3.63) is 53.3 Å². The van der Waals surface area contributed by atoms with Crippen LogP contribution in [0.4, 0.5) is 10.1 Å². The third-order valence-electron chi connectivity index (χ3n) is 3.53. The number of benzene rings is 2. The lowest BCUT2D eigenvalue weighted by Gasteiger charge is -2.10. The lowest BCUT2D eigenvalue weighted by molar-refractivity contribution is 0.632. The van der Waals surface area contributed by atoms with E-state index in [1.54, 1.807) is 10.7 Å². The van der Waals surface area contributed by atoms with Crippen molar-refractivity contribution in [2.24, 2.45) is 0 Å². The first-order valence-electron chi connectivity index (χ1n) is 6.48. The number of rotatable bonds is 2. The van der Waals surface area contributed by atoms with Crippen molar-refractivity contribution in [2.45, 2.75) is 13.8 Å². The smallest absolute Gasteiger partial charge is 0.187 e. The van der Waals surface area contributed by atoms with Gasteiger partial charge in [0.25, 0.3) is 0 Å². The quantitative estimate of drug-likeness (QED) is 0.734. The van der Waals surface area contributed by atoms with Crippen LogP contribution < -0.4 is 5.73 Å². The van der Waals surface area contributed by atoms with Gasteiger partial charge in [-0.3, -0.25) is 0 Å². The van der Waals surface area contributed by atoms with E-state index < -0.39 is 5.82 Å². The molecule has 3 aromatic rings. The Balaban J connectivity index is 2.17. The molecular weight excluding hydrogens is 269 g/mol. The number of nitrogens with zero attached hydrogens (tertiary/aromatic N) is 4. The lowest BCUT2D eigenvalue weighted by atomic mass is 10.1. The average Bonchev–Trinajstić information content (AvgIpc) is 2.94. The van der Waals surface area contributed by atoms with E-state index in [0.717, 1.165) is 16.8 Å². The van der Waals surface area contributed by atoms with Crippen LogP contribution in [-0.2, 0) is 0 Å². The number of tetrazole rings is 1. The minimum Gasteiger partial charge on any atom is -0.396 e. The fourth-order valence-corrected chi connectivity index (χ4v) is 2.16. The van der Waals surface area contributed by atoms with E-state index >= 15 is 0 Å². The van der Waals surface area contributed by atoms with Crippen LogP contribution in [0, 0.1) is 19.7 Å². The van der Waals surface area contributed by atoms with Gasteiger partial charge in [0.05, 0.1) is 11.4 Å². The lowest BCUT2D eigenvalue weighted by Crippen LogP contribution is -2.03. The van der Waals surface area contributed by atoms with Gasteiger partial charge < -0.3 is 5.73 Å². The second kappa shape index (κ2) is 4.97. The molecule has 0 saturated heterocycles. The van der Waals surface area contributed by atoms with Crippen LogP contribution in [0.5, 0.6) is 0 Å². The SMILES string of the molecule is Cc1cccc(-n2nnnc2-c2ccc(N)c(F)c2)c1C. The van der Waals surface area contributed by atoms with Crippen LogP contribution >= 0.6 is 0 Å². The molecule has 0 spiro atoms. The second-order valence-corrected chi connectivity index (χ2v) is 4.87. The van der Waals surface area contributed by atoms with E-state index in [1.165, 1.54) is 12.1 Å². The van der Waals surface area contributed by atoms with Gasteiger partial charge in [-0.1, -0.05) is 12.1 Å². The maximum absolute atomic E-state index is 13.6. The Labute approximate surface area is 121 Å². The van der Waals surface area contributed by atoms with E-state index in [9.17, 15) is 4.39 Å². The third kappa shape index (κ3) is 2.24. The van der Waals surface area contributed by atoms with E-state index in [2.05, 4.69) is 15.5 Å². The van der Waals surface area contributed by atoms with Gasteiger partial charge in [-0.25, -0.2) is 4.39 Å².